The number of carbonyl (C=O) groups excluding carboxylic acids is 1. The number of methoxy groups -OCH3 is 1. The Balaban J connectivity index is 2.85. The molecule has 0 amide bonds. The van der Waals surface area contributed by atoms with Gasteiger partial charge in [0.1, 0.15) is 11.7 Å². The molecule has 2 unspecified atom stereocenters. The van der Waals surface area contributed by atoms with Crippen LogP contribution in [0.1, 0.15) is 32.6 Å². The van der Waals surface area contributed by atoms with Crippen LogP contribution in [0.25, 0.3) is 0 Å². The molecule has 0 aliphatic heterocycles. The van der Waals surface area contributed by atoms with Crippen LogP contribution in [-0.2, 0) is 14.0 Å². The lowest BCUT2D eigenvalue weighted by Crippen LogP contribution is -2.62. The second-order valence-corrected chi connectivity index (χ2v) is 10.3. The molecule has 1 fully saturated rings. The van der Waals surface area contributed by atoms with Gasteiger partial charge < -0.3 is 9.16 Å². The van der Waals surface area contributed by atoms with Gasteiger partial charge in [-0.2, -0.15) is 0 Å². The number of carbonyl (C=O) groups is 1. The lowest BCUT2D eigenvalue weighted by Gasteiger charge is -2.47. The fraction of sp³-hybridized carbons (Fsp3) is 0.786. The van der Waals surface area contributed by atoms with E-state index in [2.05, 4.69) is 32.6 Å². The van der Waals surface area contributed by atoms with Crippen LogP contribution in [0, 0.1) is 0 Å². The first kappa shape index (κ1) is 15.6. The van der Waals surface area contributed by atoms with E-state index in [1.807, 2.05) is 6.08 Å². The molecule has 104 valence electrons. The van der Waals surface area contributed by atoms with Gasteiger partial charge in [0.15, 0.2) is 14.1 Å². The molecule has 0 aromatic rings. The topological polar surface area (TPSA) is 35.5 Å². The molecule has 1 aliphatic rings. The number of allylic oxidation sites excluding steroid dienone is 1. The van der Waals surface area contributed by atoms with Crippen molar-refractivity contribution in [3.05, 3.63) is 12.2 Å². The SMILES string of the molecule is CCC/C=C\C(OC)C1(O[Si](C)(C)C)CCC1=O. The third kappa shape index (κ3) is 3.53. The number of Topliss-reactive ketones (excluding diaryl/α,β-unsaturated/α-hetero) is 1. The molecular weight excluding hydrogens is 244 g/mol. The van der Waals surface area contributed by atoms with E-state index in [1.165, 1.54) is 0 Å². The lowest BCUT2D eigenvalue weighted by molar-refractivity contribution is -0.161. The highest BCUT2D eigenvalue weighted by Crippen LogP contribution is 2.39. The zero-order valence-electron chi connectivity index (χ0n) is 12.3. The van der Waals surface area contributed by atoms with Gasteiger partial charge in [0.2, 0.25) is 0 Å². The van der Waals surface area contributed by atoms with Crippen molar-refractivity contribution >= 4 is 14.1 Å². The molecule has 1 rings (SSSR count). The van der Waals surface area contributed by atoms with Gasteiger partial charge in [0.05, 0.1) is 0 Å². The summed E-state index contributed by atoms with van der Waals surface area (Å²) >= 11 is 0. The van der Waals surface area contributed by atoms with Gasteiger partial charge >= 0.3 is 0 Å². The van der Waals surface area contributed by atoms with Crippen LogP contribution in [0.5, 0.6) is 0 Å². The zero-order valence-corrected chi connectivity index (χ0v) is 13.3. The first-order chi connectivity index (χ1) is 8.35. The number of hydrogen-bond donors (Lipinski definition) is 0. The summed E-state index contributed by atoms with van der Waals surface area (Å²) in [6.07, 6.45) is 7.36. The molecule has 0 saturated heterocycles. The van der Waals surface area contributed by atoms with Gasteiger partial charge in [-0.15, -0.1) is 0 Å². The molecule has 0 radical (unpaired) electrons. The summed E-state index contributed by atoms with van der Waals surface area (Å²) in [5.41, 5.74) is -0.705. The first-order valence-electron chi connectivity index (χ1n) is 6.78. The van der Waals surface area contributed by atoms with Crippen molar-refractivity contribution in [2.24, 2.45) is 0 Å². The predicted molar refractivity (Wildman–Crippen MR) is 76.2 cm³/mol. The Hall–Kier alpha value is -0.453. The van der Waals surface area contributed by atoms with Crippen molar-refractivity contribution in [3.8, 4) is 0 Å². The van der Waals surface area contributed by atoms with E-state index in [4.69, 9.17) is 9.16 Å². The van der Waals surface area contributed by atoms with Gasteiger partial charge in [0, 0.05) is 13.5 Å². The van der Waals surface area contributed by atoms with Crippen molar-refractivity contribution in [3.63, 3.8) is 0 Å². The van der Waals surface area contributed by atoms with Gasteiger partial charge in [-0.25, -0.2) is 0 Å². The number of unbranched alkanes of at least 4 members (excludes halogenated alkanes) is 1. The van der Waals surface area contributed by atoms with Crippen molar-refractivity contribution in [2.45, 2.75) is 64.0 Å². The van der Waals surface area contributed by atoms with E-state index in [-0.39, 0.29) is 11.9 Å². The van der Waals surface area contributed by atoms with E-state index in [1.54, 1.807) is 7.11 Å². The Bertz CT molecular complexity index is 319. The summed E-state index contributed by atoms with van der Waals surface area (Å²) in [5.74, 6) is 0.193. The molecule has 2 atom stereocenters. The fourth-order valence-corrected chi connectivity index (χ4v) is 3.72. The highest BCUT2D eigenvalue weighted by Gasteiger charge is 2.54. The molecule has 18 heavy (non-hydrogen) atoms. The van der Waals surface area contributed by atoms with Crippen LogP contribution in [0.2, 0.25) is 19.6 Å². The summed E-state index contributed by atoms with van der Waals surface area (Å²) in [5, 5.41) is 0. The number of rotatable bonds is 7. The molecule has 0 aromatic heterocycles. The van der Waals surface area contributed by atoms with Crippen LogP contribution in [0.3, 0.4) is 0 Å². The lowest BCUT2D eigenvalue weighted by atomic mass is 9.74. The monoisotopic (exact) mass is 270 g/mol. The summed E-state index contributed by atoms with van der Waals surface area (Å²) in [7, 11) is -0.111. The van der Waals surface area contributed by atoms with E-state index < -0.39 is 13.9 Å². The molecule has 0 heterocycles. The number of hydrogen-bond acceptors (Lipinski definition) is 3. The van der Waals surface area contributed by atoms with Crippen LogP contribution < -0.4 is 0 Å². The van der Waals surface area contributed by atoms with E-state index in [9.17, 15) is 4.79 Å². The van der Waals surface area contributed by atoms with E-state index in [0.717, 1.165) is 19.3 Å². The van der Waals surface area contributed by atoms with Crippen molar-refractivity contribution < 1.29 is 14.0 Å². The van der Waals surface area contributed by atoms with E-state index >= 15 is 0 Å². The normalized spacial score (nSPS) is 26.4. The highest BCUT2D eigenvalue weighted by atomic mass is 28.4. The Kier molecular flexibility index (Phi) is 5.31. The maximum absolute atomic E-state index is 12.0. The Labute approximate surface area is 112 Å². The molecule has 1 aliphatic carbocycles. The third-order valence-corrected chi connectivity index (χ3v) is 4.14. The summed E-state index contributed by atoms with van der Waals surface area (Å²) in [6.45, 7) is 8.48. The Morgan fingerprint density at radius 1 is 1.44 bits per heavy atom. The predicted octanol–water partition coefficient (Wildman–Crippen LogP) is 3.31. The molecule has 4 heteroatoms. The summed E-state index contributed by atoms with van der Waals surface area (Å²) < 4.78 is 11.7. The molecule has 0 spiro atoms. The van der Waals surface area contributed by atoms with Gasteiger partial charge in [-0.05, 0) is 32.5 Å². The minimum Gasteiger partial charge on any atom is -0.403 e. The summed E-state index contributed by atoms with van der Waals surface area (Å²) in [4.78, 5) is 12.0. The average Bonchev–Trinajstić information content (AvgIpc) is 2.29. The Morgan fingerprint density at radius 3 is 2.44 bits per heavy atom. The fourth-order valence-electron chi connectivity index (χ4n) is 2.30. The van der Waals surface area contributed by atoms with Crippen LogP contribution in [0.4, 0.5) is 0 Å². The summed E-state index contributed by atoms with van der Waals surface area (Å²) in [6, 6.07) is 0. The van der Waals surface area contributed by atoms with Crippen LogP contribution in [-0.4, -0.2) is 32.9 Å². The average molecular weight is 270 g/mol. The van der Waals surface area contributed by atoms with Gasteiger partial charge in [0.25, 0.3) is 0 Å². The third-order valence-electron chi connectivity index (χ3n) is 3.16. The smallest absolute Gasteiger partial charge is 0.185 e. The molecule has 0 N–H and O–H groups in total. The number of ketones is 1. The minimum atomic E-state index is -1.77. The largest absolute Gasteiger partial charge is 0.403 e. The second-order valence-electron chi connectivity index (χ2n) is 5.90. The van der Waals surface area contributed by atoms with Crippen LogP contribution in [0.15, 0.2) is 12.2 Å². The minimum absolute atomic E-state index is 0.193. The van der Waals surface area contributed by atoms with Crippen molar-refractivity contribution in [2.75, 3.05) is 7.11 Å². The van der Waals surface area contributed by atoms with Gasteiger partial charge in [-0.1, -0.05) is 25.5 Å². The van der Waals surface area contributed by atoms with Crippen LogP contribution >= 0.6 is 0 Å². The maximum Gasteiger partial charge on any atom is 0.185 e. The van der Waals surface area contributed by atoms with E-state index in [0.29, 0.717) is 6.42 Å². The highest BCUT2D eigenvalue weighted by molar-refractivity contribution is 6.70. The Morgan fingerprint density at radius 2 is 2.11 bits per heavy atom. The molecule has 1 saturated carbocycles. The quantitative estimate of drug-likeness (QED) is 0.526. The van der Waals surface area contributed by atoms with Crippen molar-refractivity contribution in [1.29, 1.82) is 0 Å². The second kappa shape index (κ2) is 6.13. The standard InChI is InChI=1S/C14H26O3Si/c1-6-7-8-9-13(16-2)14(11-10-12(14)15)17-18(3,4)5/h8-9,13H,6-7,10-11H2,1-5H3/b9-8-. The maximum atomic E-state index is 12.0. The first-order valence-corrected chi connectivity index (χ1v) is 10.2. The molecule has 0 aromatic carbocycles. The molecule has 0 bridgehead atoms. The molecular formula is C14H26O3Si. The van der Waals surface area contributed by atoms with Gasteiger partial charge in [-0.3, -0.25) is 4.79 Å². The molecule has 3 nitrogen and oxygen atoms in total. The zero-order chi connectivity index (χ0) is 13.8. The number of ether oxygens (including phenoxy) is 1. The van der Waals surface area contributed by atoms with Crippen molar-refractivity contribution in [1.82, 2.24) is 0 Å².